The van der Waals surface area contributed by atoms with Gasteiger partial charge in [-0.1, -0.05) is 24.9 Å². The van der Waals surface area contributed by atoms with Crippen LogP contribution in [0, 0.1) is 0 Å². The van der Waals surface area contributed by atoms with Crippen LogP contribution in [0.15, 0.2) is 57.8 Å². The lowest BCUT2D eigenvalue weighted by Crippen LogP contribution is -2.11. The van der Waals surface area contributed by atoms with E-state index in [0.29, 0.717) is 29.2 Å². The highest BCUT2D eigenvalue weighted by atomic mass is 16.5. The van der Waals surface area contributed by atoms with Crippen molar-refractivity contribution in [2.24, 2.45) is 0 Å². The monoisotopic (exact) mass is 367 g/mol. The summed E-state index contributed by atoms with van der Waals surface area (Å²) in [6.45, 7) is 2.83. The number of hydrogen-bond donors (Lipinski definition) is 2. The molecule has 0 fully saturated rings. The van der Waals surface area contributed by atoms with Crippen LogP contribution in [-0.4, -0.2) is 22.7 Å². The fourth-order valence-electron chi connectivity index (χ4n) is 2.51. The minimum absolute atomic E-state index is 0.213. The van der Waals surface area contributed by atoms with Crippen molar-refractivity contribution in [2.45, 2.75) is 26.2 Å². The number of hydrogen-bond acceptors (Lipinski definition) is 5. The van der Waals surface area contributed by atoms with Crippen molar-refractivity contribution in [3.63, 3.8) is 0 Å². The number of ether oxygens (including phenoxy) is 1. The van der Waals surface area contributed by atoms with Crippen molar-refractivity contribution in [2.75, 3.05) is 11.9 Å². The van der Waals surface area contributed by atoms with Crippen LogP contribution in [0.4, 0.5) is 5.69 Å². The third-order valence-corrected chi connectivity index (χ3v) is 3.99. The van der Waals surface area contributed by atoms with Crippen molar-refractivity contribution >= 4 is 11.6 Å². The standard InChI is InChI=1S/C20H21N3O4/c1-2-3-4-13-26-17-11-7-15(8-12-17)19(24)21-16-9-5-14(6-10-16)18-22-20(25)27-23-18/h5-12H,2-4,13H2,1H3,(H,21,24)(H,22,23,25). The predicted molar refractivity (Wildman–Crippen MR) is 102 cm³/mol. The molecular formula is C20H21N3O4. The van der Waals surface area contributed by atoms with Gasteiger partial charge in [-0.3, -0.25) is 14.3 Å². The van der Waals surface area contributed by atoms with Crippen LogP contribution in [-0.2, 0) is 0 Å². The summed E-state index contributed by atoms with van der Waals surface area (Å²) in [7, 11) is 0. The van der Waals surface area contributed by atoms with Crippen LogP contribution in [0.25, 0.3) is 11.4 Å². The van der Waals surface area contributed by atoms with Crippen molar-refractivity contribution in [1.82, 2.24) is 10.1 Å². The number of carbonyl (C=O) groups is 1. The molecule has 0 saturated heterocycles. The third kappa shape index (κ3) is 5.07. The average molecular weight is 367 g/mol. The van der Waals surface area contributed by atoms with E-state index >= 15 is 0 Å². The zero-order valence-electron chi connectivity index (χ0n) is 15.0. The van der Waals surface area contributed by atoms with Gasteiger partial charge in [-0.05, 0) is 55.0 Å². The van der Waals surface area contributed by atoms with E-state index in [4.69, 9.17) is 4.74 Å². The van der Waals surface area contributed by atoms with Crippen LogP contribution < -0.4 is 15.8 Å². The Labute approximate surface area is 156 Å². The molecule has 0 spiro atoms. The molecule has 140 valence electrons. The molecule has 7 nitrogen and oxygen atoms in total. The summed E-state index contributed by atoms with van der Waals surface area (Å²) in [5.41, 5.74) is 1.86. The number of benzene rings is 2. The van der Waals surface area contributed by atoms with Gasteiger partial charge in [0.2, 0.25) is 0 Å². The second-order valence-electron chi connectivity index (χ2n) is 6.06. The molecule has 0 aliphatic heterocycles. The molecule has 1 heterocycles. The van der Waals surface area contributed by atoms with Crippen molar-refractivity contribution in [3.8, 4) is 17.1 Å². The minimum atomic E-state index is -0.611. The summed E-state index contributed by atoms with van der Waals surface area (Å²) in [6, 6.07) is 14.0. The zero-order chi connectivity index (χ0) is 19.1. The van der Waals surface area contributed by atoms with Crippen molar-refractivity contribution in [3.05, 3.63) is 64.6 Å². The van der Waals surface area contributed by atoms with Gasteiger partial charge in [-0.25, -0.2) is 4.79 Å². The minimum Gasteiger partial charge on any atom is -0.494 e. The van der Waals surface area contributed by atoms with E-state index in [0.717, 1.165) is 25.0 Å². The van der Waals surface area contributed by atoms with Gasteiger partial charge in [0, 0.05) is 16.8 Å². The van der Waals surface area contributed by atoms with Crippen LogP contribution in [0.5, 0.6) is 5.75 Å². The second-order valence-corrected chi connectivity index (χ2v) is 6.06. The number of nitrogens with one attached hydrogen (secondary N) is 2. The second kappa shape index (κ2) is 8.84. The molecule has 2 aromatic carbocycles. The predicted octanol–water partition coefficient (Wildman–Crippen LogP) is 3.85. The van der Waals surface area contributed by atoms with Crippen LogP contribution >= 0.6 is 0 Å². The van der Waals surface area contributed by atoms with Gasteiger partial charge in [0.15, 0.2) is 5.82 Å². The number of unbranched alkanes of at least 4 members (excludes halogenated alkanes) is 2. The van der Waals surface area contributed by atoms with Gasteiger partial charge in [0.05, 0.1) is 6.61 Å². The largest absolute Gasteiger partial charge is 0.494 e. The molecule has 1 aromatic heterocycles. The maximum Gasteiger partial charge on any atom is 0.439 e. The highest BCUT2D eigenvalue weighted by Crippen LogP contribution is 2.18. The van der Waals surface area contributed by atoms with Gasteiger partial charge in [0.1, 0.15) is 5.75 Å². The first-order valence-electron chi connectivity index (χ1n) is 8.86. The number of amides is 1. The normalized spacial score (nSPS) is 10.6. The Morgan fingerprint density at radius 1 is 1.11 bits per heavy atom. The van der Waals surface area contributed by atoms with E-state index in [-0.39, 0.29) is 5.91 Å². The molecule has 3 aromatic rings. The highest BCUT2D eigenvalue weighted by molar-refractivity contribution is 6.04. The molecule has 0 aliphatic carbocycles. The van der Waals surface area contributed by atoms with E-state index in [2.05, 4.69) is 26.9 Å². The Kier molecular flexibility index (Phi) is 6.04. The number of aromatic amines is 1. The lowest BCUT2D eigenvalue weighted by atomic mass is 10.1. The molecule has 0 bridgehead atoms. The molecule has 3 rings (SSSR count). The molecule has 1 amide bonds. The maximum atomic E-state index is 12.4. The summed E-state index contributed by atoms with van der Waals surface area (Å²) >= 11 is 0. The quantitative estimate of drug-likeness (QED) is 0.589. The lowest BCUT2D eigenvalue weighted by Gasteiger charge is -2.08. The van der Waals surface area contributed by atoms with Gasteiger partial charge < -0.3 is 10.1 Å². The summed E-state index contributed by atoms with van der Waals surface area (Å²) in [6.07, 6.45) is 3.32. The van der Waals surface area contributed by atoms with E-state index < -0.39 is 5.76 Å². The highest BCUT2D eigenvalue weighted by Gasteiger charge is 2.08. The Bertz CT molecular complexity index is 927. The van der Waals surface area contributed by atoms with Gasteiger partial charge >= 0.3 is 5.76 Å². The Morgan fingerprint density at radius 3 is 2.48 bits per heavy atom. The van der Waals surface area contributed by atoms with Crippen LogP contribution in [0.2, 0.25) is 0 Å². The van der Waals surface area contributed by atoms with E-state index in [1.807, 2.05) is 0 Å². The zero-order valence-corrected chi connectivity index (χ0v) is 15.0. The molecule has 0 unspecified atom stereocenters. The lowest BCUT2D eigenvalue weighted by molar-refractivity contribution is 0.102. The summed E-state index contributed by atoms with van der Waals surface area (Å²) in [5.74, 6) is 0.274. The van der Waals surface area contributed by atoms with E-state index in [1.165, 1.54) is 0 Å². The number of carbonyl (C=O) groups excluding carboxylic acids is 1. The molecule has 0 aliphatic rings. The summed E-state index contributed by atoms with van der Waals surface area (Å²) in [4.78, 5) is 25.8. The maximum absolute atomic E-state index is 12.4. The van der Waals surface area contributed by atoms with Gasteiger partial charge in [0.25, 0.3) is 5.91 Å². The fraction of sp³-hybridized carbons (Fsp3) is 0.250. The van der Waals surface area contributed by atoms with E-state index in [1.54, 1.807) is 48.5 Å². The van der Waals surface area contributed by atoms with Crippen LogP contribution in [0.1, 0.15) is 36.5 Å². The first kappa shape index (κ1) is 18.4. The average Bonchev–Trinajstić information content (AvgIpc) is 3.13. The molecule has 2 N–H and O–H groups in total. The fourth-order valence-corrected chi connectivity index (χ4v) is 2.51. The molecule has 27 heavy (non-hydrogen) atoms. The molecular weight excluding hydrogens is 346 g/mol. The molecule has 0 saturated carbocycles. The summed E-state index contributed by atoms with van der Waals surface area (Å²) in [5, 5.41) is 6.45. The number of anilines is 1. The van der Waals surface area contributed by atoms with E-state index in [9.17, 15) is 9.59 Å². The smallest absolute Gasteiger partial charge is 0.439 e. The van der Waals surface area contributed by atoms with Gasteiger partial charge in [-0.2, -0.15) is 0 Å². The SMILES string of the molecule is CCCCCOc1ccc(C(=O)Nc2ccc(-c3noc(=O)[nH]3)cc2)cc1. The van der Waals surface area contributed by atoms with Crippen LogP contribution in [0.3, 0.4) is 0 Å². The third-order valence-electron chi connectivity index (χ3n) is 3.99. The Balaban J connectivity index is 1.57. The molecule has 7 heteroatoms. The number of rotatable bonds is 8. The topological polar surface area (TPSA) is 97.2 Å². The molecule has 0 atom stereocenters. The van der Waals surface area contributed by atoms with Gasteiger partial charge in [-0.15, -0.1) is 0 Å². The first-order chi connectivity index (χ1) is 13.2. The first-order valence-corrected chi connectivity index (χ1v) is 8.86. The van der Waals surface area contributed by atoms with Crippen molar-refractivity contribution < 1.29 is 14.1 Å². The van der Waals surface area contributed by atoms with Crippen molar-refractivity contribution in [1.29, 1.82) is 0 Å². The Morgan fingerprint density at radius 2 is 1.85 bits per heavy atom. The number of aromatic nitrogens is 2. The number of H-pyrrole nitrogens is 1. The number of nitrogens with zero attached hydrogens (tertiary/aromatic N) is 1. The summed E-state index contributed by atoms with van der Waals surface area (Å²) < 4.78 is 10.1. The molecule has 0 radical (unpaired) electrons. The Hall–Kier alpha value is -3.35.